The molecule has 1 unspecified atom stereocenters. The highest BCUT2D eigenvalue weighted by molar-refractivity contribution is 6.31. The molecule has 1 atom stereocenters. The molecule has 3 rings (SSSR count). The van der Waals surface area contributed by atoms with E-state index in [2.05, 4.69) is 11.0 Å². The second-order valence-electron chi connectivity index (χ2n) is 6.44. The van der Waals surface area contributed by atoms with Crippen LogP contribution in [0.15, 0.2) is 18.2 Å². The summed E-state index contributed by atoms with van der Waals surface area (Å²) in [5.74, 6) is -0.746. The van der Waals surface area contributed by atoms with Crippen molar-refractivity contribution in [3.8, 4) is 0 Å². The Kier molecular flexibility index (Phi) is 4.71. The first kappa shape index (κ1) is 15.8. The van der Waals surface area contributed by atoms with Crippen molar-refractivity contribution in [1.29, 1.82) is 0 Å². The van der Waals surface area contributed by atoms with E-state index in [4.69, 9.17) is 16.7 Å². The lowest BCUT2D eigenvalue weighted by molar-refractivity contribution is -0.138. The smallest absolute Gasteiger partial charge is 0.317 e. The van der Waals surface area contributed by atoms with Crippen molar-refractivity contribution in [2.24, 2.45) is 0 Å². The number of likely N-dealkylation sites (tertiary alicyclic amines) is 1. The van der Waals surface area contributed by atoms with Crippen molar-refractivity contribution in [3.05, 3.63) is 34.3 Å². The van der Waals surface area contributed by atoms with Crippen LogP contribution < -0.4 is 0 Å². The van der Waals surface area contributed by atoms with Crippen LogP contribution in [0.5, 0.6) is 0 Å². The maximum atomic E-state index is 10.8. The molecule has 0 spiro atoms. The fraction of sp³-hybridized carbons (Fsp3) is 0.588. The SMILES string of the molecule is CN(CC(=O)O)C1CCN(C2CCc3c(Cl)cccc32)CC1. The number of carboxylic acid groups (broad SMARTS) is 1. The highest BCUT2D eigenvalue weighted by atomic mass is 35.5. The molecule has 1 aliphatic heterocycles. The van der Waals surface area contributed by atoms with Crippen molar-refractivity contribution in [3.63, 3.8) is 0 Å². The van der Waals surface area contributed by atoms with Gasteiger partial charge in [-0.1, -0.05) is 23.7 Å². The average Bonchev–Trinajstić information content (AvgIpc) is 2.92. The van der Waals surface area contributed by atoms with E-state index in [9.17, 15) is 4.79 Å². The van der Waals surface area contributed by atoms with E-state index in [0.29, 0.717) is 12.1 Å². The quantitative estimate of drug-likeness (QED) is 0.925. The van der Waals surface area contributed by atoms with Gasteiger partial charge in [0.25, 0.3) is 0 Å². The molecule has 1 N–H and O–H groups in total. The molecular formula is C17H23ClN2O2. The topological polar surface area (TPSA) is 43.8 Å². The molecular weight excluding hydrogens is 300 g/mol. The molecule has 5 heteroatoms. The van der Waals surface area contributed by atoms with Gasteiger partial charge in [0.05, 0.1) is 6.54 Å². The molecule has 4 nitrogen and oxygen atoms in total. The summed E-state index contributed by atoms with van der Waals surface area (Å²) in [6, 6.07) is 7.11. The number of nitrogens with zero attached hydrogens (tertiary/aromatic N) is 2. The minimum Gasteiger partial charge on any atom is -0.480 e. The molecule has 22 heavy (non-hydrogen) atoms. The van der Waals surface area contributed by atoms with Gasteiger partial charge in [0.1, 0.15) is 0 Å². The number of aliphatic carboxylic acids is 1. The minimum atomic E-state index is -0.746. The molecule has 1 fully saturated rings. The standard InChI is InChI=1S/C17H23ClN2O2/c1-19(11-17(21)22)12-7-9-20(10-8-12)16-6-5-13-14(16)3-2-4-15(13)18/h2-4,12,16H,5-11H2,1H3,(H,21,22). The van der Waals surface area contributed by atoms with Crippen LogP contribution in [-0.4, -0.2) is 53.6 Å². The van der Waals surface area contributed by atoms with Gasteiger partial charge in [0, 0.05) is 30.2 Å². The van der Waals surface area contributed by atoms with Crippen LogP contribution in [0.4, 0.5) is 0 Å². The van der Waals surface area contributed by atoms with E-state index in [0.717, 1.165) is 43.8 Å². The summed E-state index contributed by atoms with van der Waals surface area (Å²) in [7, 11) is 1.92. The van der Waals surface area contributed by atoms with Crippen LogP contribution in [0, 0.1) is 0 Å². The van der Waals surface area contributed by atoms with E-state index >= 15 is 0 Å². The number of rotatable bonds is 4. The first-order chi connectivity index (χ1) is 10.6. The van der Waals surface area contributed by atoms with Gasteiger partial charge in [-0.2, -0.15) is 0 Å². The Morgan fingerprint density at radius 2 is 2.09 bits per heavy atom. The Balaban J connectivity index is 1.62. The van der Waals surface area contributed by atoms with Crippen molar-refractivity contribution in [2.45, 2.75) is 37.8 Å². The summed E-state index contributed by atoms with van der Waals surface area (Å²) in [4.78, 5) is 15.4. The molecule has 0 bridgehead atoms. The maximum Gasteiger partial charge on any atom is 0.317 e. The molecule has 1 aromatic rings. The zero-order chi connectivity index (χ0) is 15.7. The van der Waals surface area contributed by atoms with Crippen LogP contribution in [0.25, 0.3) is 0 Å². The number of halogens is 1. The predicted molar refractivity (Wildman–Crippen MR) is 87.4 cm³/mol. The third-order valence-corrected chi connectivity index (χ3v) is 5.48. The lowest BCUT2D eigenvalue weighted by Gasteiger charge is -2.39. The maximum absolute atomic E-state index is 10.8. The van der Waals surface area contributed by atoms with Gasteiger partial charge < -0.3 is 5.11 Å². The number of hydrogen-bond acceptors (Lipinski definition) is 3. The Labute approximate surface area is 136 Å². The molecule has 0 amide bonds. The highest BCUT2D eigenvalue weighted by Gasteiger charge is 2.32. The van der Waals surface area contributed by atoms with E-state index in [1.54, 1.807) is 0 Å². The van der Waals surface area contributed by atoms with Crippen LogP contribution in [0.2, 0.25) is 5.02 Å². The summed E-state index contributed by atoms with van der Waals surface area (Å²) in [6.45, 7) is 2.20. The zero-order valence-corrected chi connectivity index (χ0v) is 13.7. The Morgan fingerprint density at radius 3 is 2.77 bits per heavy atom. The number of likely N-dealkylation sites (N-methyl/N-ethyl adjacent to an activating group) is 1. The Hall–Kier alpha value is -1.10. The van der Waals surface area contributed by atoms with Gasteiger partial charge in [0.15, 0.2) is 0 Å². The fourth-order valence-corrected chi connectivity index (χ4v) is 4.22. The molecule has 1 saturated heterocycles. The molecule has 0 saturated carbocycles. The van der Waals surface area contributed by atoms with E-state index < -0.39 is 5.97 Å². The van der Waals surface area contributed by atoms with Gasteiger partial charge in [-0.25, -0.2) is 0 Å². The Morgan fingerprint density at radius 1 is 1.36 bits per heavy atom. The third kappa shape index (κ3) is 3.14. The van der Waals surface area contributed by atoms with Crippen molar-refractivity contribution in [1.82, 2.24) is 9.80 Å². The molecule has 2 aliphatic rings. The molecule has 1 aliphatic carbocycles. The number of carboxylic acids is 1. The lowest BCUT2D eigenvalue weighted by atomic mass is 9.99. The number of hydrogen-bond donors (Lipinski definition) is 1. The summed E-state index contributed by atoms with van der Waals surface area (Å²) in [5.41, 5.74) is 2.71. The lowest BCUT2D eigenvalue weighted by Crippen LogP contribution is -2.45. The van der Waals surface area contributed by atoms with Crippen molar-refractivity contribution >= 4 is 17.6 Å². The molecule has 120 valence electrons. The number of carbonyl (C=O) groups is 1. The van der Waals surface area contributed by atoms with E-state index in [1.165, 1.54) is 11.1 Å². The first-order valence-electron chi connectivity index (χ1n) is 7.99. The monoisotopic (exact) mass is 322 g/mol. The van der Waals surface area contributed by atoms with Crippen LogP contribution in [0.1, 0.15) is 36.4 Å². The molecule has 0 aromatic heterocycles. The fourth-order valence-electron chi connectivity index (χ4n) is 3.95. The summed E-state index contributed by atoms with van der Waals surface area (Å²) < 4.78 is 0. The van der Waals surface area contributed by atoms with Crippen LogP contribution in [-0.2, 0) is 11.2 Å². The second-order valence-corrected chi connectivity index (χ2v) is 6.85. The molecule has 0 radical (unpaired) electrons. The van der Waals surface area contributed by atoms with E-state index in [-0.39, 0.29) is 6.54 Å². The average molecular weight is 323 g/mol. The summed E-state index contributed by atoms with van der Waals surface area (Å²) in [6.07, 6.45) is 4.29. The van der Waals surface area contributed by atoms with Crippen molar-refractivity contribution < 1.29 is 9.90 Å². The van der Waals surface area contributed by atoms with Gasteiger partial charge in [-0.15, -0.1) is 0 Å². The normalized spacial score (nSPS) is 23.0. The van der Waals surface area contributed by atoms with Gasteiger partial charge in [-0.05, 0) is 49.9 Å². The number of fused-ring (bicyclic) bond motifs is 1. The summed E-state index contributed by atoms with van der Waals surface area (Å²) in [5, 5.41) is 9.81. The molecule has 1 aromatic carbocycles. The number of piperidine rings is 1. The van der Waals surface area contributed by atoms with Gasteiger partial charge in [-0.3, -0.25) is 14.6 Å². The third-order valence-electron chi connectivity index (χ3n) is 5.13. The van der Waals surface area contributed by atoms with Crippen molar-refractivity contribution in [2.75, 3.05) is 26.7 Å². The van der Waals surface area contributed by atoms with Gasteiger partial charge in [0.2, 0.25) is 0 Å². The van der Waals surface area contributed by atoms with Gasteiger partial charge >= 0.3 is 5.97 Å². The first-order valence-corrected chi connectivity index (χ1v) is 8.37. The van der Waals surface area contributed by atoms with Crippen LogP contribution >= 0.6 is 11.6 Å². The number of benzene rings is 1. The highest BCUT2D eigenvalue weighted by Crippen LogP contribution is 2.40. The minimum absolute atomic E-state index is 0.131. The Bertz CT molecular complexity index is 556. The predicted octanol–water partition coefficient (Wildman–Crippen LogP) is 2.81. The van der Waals surface area contributed by atoms with E-state index in [1.807, 2.05) is 24.1 Å². The summed E-state index contributed by atoms with van der Waals surface area (Å²) >= 11 is 6.31. The van der Waals surface area contributed by atoms with Crippen LogP contribution in [0.3, 0.4) is 0 Å². The second kappa shape index (κ2) is 6.57. The zero-order valence-electron chi connectivity index (χ0n) is 13.0. The largest absolute Gasteiger partial charge is 0.480 e. The molecule has 1 heterocycles.